The molecule has 0 bridgehead atoms. The largest absolute Gasteiger partial charge is 0.474 e. The molecule has 1 aliphatic heterocycles. The van der Waals surface area contributed by atoms with Crippen molar-refractivity contribution in [1.82, 2.24) is 9.88 Å². The van der Waals surface area contributed by atoms with Crippen LogP contribution in [0.4, 0.5) is 11.5 Å². The number of aromatic nitrogens is 1. The number of pyridine rings is 1. The van der Waals surface area contributed by atoms with Crippen LogP contribution in [-0.2, 0) is 4.79 Å². The summed E-state index contributed by atoms with van der Waals surface area (Å²) in [6.45, 7) is 4.07. The van der Waals surface area contributed by atoms with Gasteiger partial charge in [0.1, 0.15) is 5.82 Å². The highest BCUT2D eigenvalue weighted by Crippen LogP contribution is 2.28. The lowest BCUT2D eigenvalue weighted by atomic mass is 10.0. The van der Waals surface area contributed by atoms with E-state index in [4.69, 9.17) is 21.3 Å². The average molecular weight is 459 g/mol. The molecule has 0 radical (unpaired) electrons. The van der Waals surface area contributed by atoms with Crippen molar-refractivity contribution >= 4 is 51.3 Å². The molecule has 0 aliphatic carbocycles. The Morgan fingerprint density at radius 1 is 1.29 bits per heavy atom. The highest BCUT2D eigenvalue weighted by Gasteiger charge is 2.22. The number of piperidine rings is 1. The number of nitrogens with one attached hydrogen (secondary N) is 1. The average Bonchev–Trinajstić information content (AvgIpc) is 3.18. The zero-order chi connectivity index (χ0) is 22.0. The van der Waals surface area contributed by atoms with Gasteiger partial charge in [-0.25, -0.2) is 4.98 Å². The predicted octanol–water partition coefficient (Wildman–Crippen LogP) is 4.81. The molecule has 3 heterocycles. The first-order valence-corrected chi connectivity index (χ1v) is 11.6. The lowest BCUT2D eigenvalue weighted by Gasteiger charge is -2.36. The maximum absolute atomic E-state index is 12.3. The standard InChI is InChI=1S/C23H27ClN4O2S/c1-15-10-21(28-8-6-18(7-9-28)27(2)3)26-20-5-4-17(12-19(15)20)25-22(29)13-30-23-11-16(24)14-31-23/h4-5,10-12,14,18H,6-9,13H2,1-3H3,(H,25,29). The van der Waals surface area contributed by atoms with E-state index in [0.29, 0.717) is 16.1 Å². The van der Waals surface area contributed by atoms with Crippen molar-refractivity contribution in [3.63, 3.8) is 0 Å². The maximum Gasteiger partial charge on any atom is 0.262 e. The van der Waals surface area contributed by atoms with Gasteiger partial charge in [0.05, 0.1) is 10.5 Å². The van der Waals surface area contributed by atoms with Gasteiger partial charge >= 0.3 is 0 Å². The van der Waals surface area contributed by atoms with Crippen LogP contribution >= 0.6 is 22.9 Å². The van der Waals surface area contributed by atoms with Gasteiger partial charge in [-0.2, -0.15) is 0 Å². The summed E-state index contributed by atoms with van der Waals surface area (Å²) < 4.78 is 5.48. The van der Waals surface area contributed by atoms with Crippen LogP contribution in [0.1, 0.15) is 18.4 Å². The van der Waals surface area contributed by atoms with Gasteiger partial charge < -0.3 is 19.9 Å². The van der Waals surface area contributed by atoms with E-state index in [1.807, 2.05) is 18.2 Å². The highest BCUT2D eigenvalue weighted by molar-refractivity contribution is 7.12. The van der Waals surface area contributed by atoms with Crippen LogP contribution in [0.3, 0.4) is 0 Å². The van der Waals surface area contributed by atoms with Gasteiger partial charge in [-0.3, -0.25) is 4.79 Å². The van der Waals surface area contributed by atoms with E-state index in [2.05, 4.69) is 42.2 Å². The number of benzene rings is 1. The van der Waals surface area contributed by atoms with Gasteiger partial charge in [-0.1, -0.05) is 11.6 Å². The molecule has 1 fully saturated rings. The Bertz CT molecular complexity index is 1080. The third-order valence-corrected chi connectivity index (χ3v) is 6.88. The molecule has 1 amide bonds. The summed E-state index contributed by atoms with van der Waals surface area (Å²) in [6.07, 6.45) is 2.30. The van der Waals surface area contributed by atoms with Crippen LogP contribution in [0.2, 0.25) is 5.02 Å². The number of amides is 1. The van der Waals surface area contributed by atoms with Crippen molar-refractivity contribution in [2.75, 3.05) is 44.0 Å². The number of hydrogen-bond donors (Lipinski definition) is 1. The quantitative estimate of drug-likeness (QED) is 0.574. The number of rotatable bonds is 6. The van der Waals surface area contributed by atoms with Crippen LogP contribution in [0, 0.1) is 6.92 Å². The molecule has 1 aliphatic rings. The van der Waals surface area contributed by atoms with Gasteiger partial charge in [-0.15, -0.1) is 11.3 Å². The minimum Gasteiger partial charge on any atom is -0.474 e. The van der Waals surface area contributed by atoms with E-state index in [0.717, 1.165) is 53.9 Å². The van der Waals surface area contributed by atoms with Crippen LogP contribution in [-0.4, -0.2) is 55.6 Å². The lowest BCUT2D eigenvalue weighted by molar-refractivity contribution is -0.118. The summed E-state index contributed by atoms with van der Waals surface area (Å²) in [7, 11) is 4.30. The Labute approximate surface area is 191 Å². The number of fused-ring (bicyclic) bond motifs is 1. The fourth-order valence-electron chi connectivity index (χ4n) is 3.93. The monoisotopic (exact) mass is 458 g/mol. The number of thiophene rings is 1. The Morgan fingerprint density at radius 2 is 2.06 bits per heavy atom. The number of ether oxygens (including phenoxy) is 1. The fraction of sp³-hybridized carbons (Fsp3) is 0.391. The number of hydrogen-bond acceptors (Lipinski definition) is 6. The molecule has 4 rings (SSSR count). The highest BCUT2D eigenvalue weighted by atomic mass is 35.5. The third-order valence-electron chi connectivity index (χ3n) is 5.69. The van der Waals surface area contributed by atoms with Crippen LogP contribution in [0.25, 0.3) is 10.9 Å². The summed E-state index contributed by atoms with van der Waals surface area (Å²) in [5, 5.41) is 6.94. The van der Waals surface area contributed by atoms with Gasteiger partial charge in [0, 0.05) is 41.7 Å². The van der Waals surface area contributed by atoms with Crippen molar-refractivity contribution < 1.29 is 9.53 Å². The van der Waals surface area contributed by atoms with E-state index in [1.54, 1.807) is 11.4 Å². The van der Waals surface area contributed by atoms with Gasteiger partial charge in [0.15, 0.2) is 11.7 Å². The molecule has 8 heteroatoms. The minimum atomic E-state index is -0.213. The molecular formula is C23H27ClN4O2S. The van der Waals surface area contributed by atoms with E-state index in [-0.39, 0.29) is 12.5 Å². The summed E-state index contributed by atoms with van der Waals surface area (Å²) in [5.74, 6) is 0.817. The number of carbonyl (C=O) groups is 1. The second kappa shape index (κ2) is 9.42. The zero-order valence-electron chi connectivity index (χ0n) is 18.0. The van der Waals surface area contributed by atoms with Gasteiger partial charge in [0.2, 0.25) is 0 Å². The number of carbonyl (C=O) groups excluding carboxylic acids is 1. The topological polar surface area (TPSA) is 57.7 Å². The van der Waals surface area contributed by atoms with E-state index < -0.39 is 0 Å². The normalized spacial score (nSPS) is 14.9. The SMILES string of the molecule is Cc1cc(N2CCC(N(C)C)CC2)nc2ccc(NC(=O)COc3cc(Cl)cs3)cc12. The summed E-state index contributed by atoms with van der Waals surface area (Å²) in [4.78, 5) is 21.8. The smallest absolute Gasteiger partial charge is 0.262 e. The predicted molar refractivity (Wildman–Crippen MR) is 129 cm³/mol. The molecule has 1 saturated heterocycles. The van der Waals surface area contributed by atoms with Crippen LogP contribution in [0.5, 0.6) is 5.06 Å². The summed E-state index contributed by atoms with van der Waals surface area (Å²) >= 11 is 7.24. The van der Waals surface area contributed by atoms with Gasteiger partial charge in [0.25, 0.3) is 5.91 Å². The fourth-order valence-corrected chi connectivity index (χ4v) is 4.85. The molecule has 0 saturated carbocycles. The Balaban J connectivity index is 1.42. The van der Waals surface area contributed by atoms with Crippen molar-refractivity contribution in [3.05, 3.63) is 46.3 Å². The first-order chi connectivity index (χ1) is 14.9. The minimum absolute atomic E-state index is 0.0616. The van der Waals surface area contributed by atoms with Crippen molar-refractivity contribution in [3.8, 4) is 5.06 Å². The summed E-state index contributed by atoms with van der Waals surface area (Å²) in [5.41, 5.74) is 2.82. The Hall–Kier alpha value is -2.35. The summed E-state index contributed by atoms with van der Waals surface area (Å²) in [6, 6.07) is 10.3. The molecule has 3 aromatic rings. The van der Waals surface area contributed by atoms with E-state index in [9.17, 15) is 4.79 Å². The van der Waals surface area contributed by atoms with Crippen molar-refractivity contribution in [2.24, 2.45) is 0 Å². The van der Waals surface area contributed by atoms with E-state index >= 15 is 0 Å². The first-order valence-electron chi connectivity index (χ1n) is 10.4. The van der Waals surface area contributed by atoms with Crippen molar-refractivity contribution in [1.29, 1.82) is 0 Å². The lowest BCUT2D eigenvalue weighted by Crippen LogP contribution is -2.42. The molecule has 1 aromatic carbocycles. The molecule has 0 spiro atoms. The first kappa shape index (κ1) is 21.9. The second-order valence-electron chi connectivity index (χ2n) is 8.13. The molecule has 1 N–H and O–H groups in total. The van der Waals surface area contributed by atoms with Gasteiger partial charge in [-0.05, 0) is 63.7 Å². The zero-order valence-corrected chi connectivity index (χ0v) is 19.6. The molecular weight excluding hydrogens is 432 g/mol. The maximum atomic E-state index is 12.3. The number of anilines is 2. The Kier molecular flexibility index (Phi) is 6.65. The molecule has 2 aromatic heterocycles. The number of nitrogens with zero attached hydrogens (tertiary/aromatic N) is 3. The molecule has 31 heavy (non-hydrogen) atoms. The van der Waals surface area contributed by atoms with Crippen molar-refractivity contribution in [2.45, 2.75) is 25.8 Å². The van der Waals surface area contributed by atoms with E-state index in [1.165, 1.54) is 11.3 Å². The number of halogens is 1. The molecule has 0 unspecified atom stereocenters. The van der Waals surface area contributed by atoms with Crippen LogP contribution < -0.4 is 15.0 Å². The Morgan fingerprint density at radius 3 is 2.74 bits per heavy atom. The third kappa shape index (κ3) is 5.29. The number of aryl methyl sites for hydroxylation is 1. The van der Waals surface area contributed by atoms with Crippen LogP contribution in [0.15, 0.2) is 35.7 Å². The molecule has 0 atom stereocenters. The molecule has 6 nitrogen and oxygen atoms in total. The molecule has 164 valence electrons. The second-order valence-corrected chi connectivity index (χ2v) is 9.44.